The zero-order valence-electron chi connectivity index (χ0n) is 14.6. The smallest absolute Gasteiger partial charge is 0.458 e. The second kappa shape index (κ2) is 9.07. The van der Waals surface area contributed by atoms with Crippen LogP contribution in [-0.2, 0) is 11.3 Å². The molecule has 130 valence electrons. The fourth-order valence-corrected chi connectivity index (χ4v) is 3.02. The summed E-state index contributed by atoms with van der Waals surface area (Å²) in [7, 11) is -0.728. The summed E-state index contributed by atoms with van der Waals surface area (Å²) in [6.45, 7) is 8.05. The minimum absolute atomic E-state index is 0.0858. The van der Waals surface area contributed by atoms with Crippen LogP contribution in [0.15, 0.2) is 45.9 Å². The Labute approximate surface area is 144 Å². The Morgan fingerprint density at radius 1 is 1.42 bits per heavy atom. The van der Waals surface area contributed by atoms with Crippen molar-refractivity contribution in [3.05, 3.63) is 53.0 Å². The van der Waals surface area contributed by atoms with Gasteiger partial charge in [-0.2, -0.15) is 0 Å². The first-order chi connectivity index (χ1) is 11.5. The summed E-state index contributed by atoms with van der Waals surface area (Å²) >= 11 is 0. The molecule has 0 bridgehead atoms. The molecule has 2 heterocycles. The van der Waals surface area contributed by atoms with Crippen molar-refractivity contribution >= 4 is 13.2 Å². The van der Waals surface area contributed by atoms with Crippen LogP contribution in [0.25, 0.3) is 6.08 Å². The van der Waals surface area contributed by atoms with Gasteiger partial charge < -0.3 is 19.2 Å². The molecule has 1 unspecified atom stereocenters. The molecule has 0 amide bonds. The van der Waals surface area contributed by atoms with E-state index in [1.54, 1.807) is 6.07 Å². The summed E-state index contributed by atoms with van der Waals surface area (Å²) in [5.41, 5.74) is 3.37. The fourth-order valence-electron chi connectivity index (χ4n) is 3.02. The van der Waals surface area contributed by atoms with Gasteiger partial charge in [0.2, 0.25) is 0 Å². The Hall–Kier alpha value is -1.56. The molecule has 1 aromatic heterocycles. The maximum atomic E-state index is 9.76. The molecule has 0 aliphatic carbocycles. The third kappa shape index (κ3) is 5.23. The number of allylic oxidation sites excluding steroid dienone is 2. The van der Waals surface area contributed by atoms with Gasteiger partial charge in [0, 0.05) is 6.32 Å². The van der Waals surface area contributed by atoms with Gasteiger partial charge in [-0.05, 0) is 50.0 Å². The molecule has 0 saturated carbocycles. The number of hydrogen-bond acceptors (Lipinski definition) is 4. The van der Waals surface area contributed by atoms with E-state index >= 15 is 0 Å². The molecule has 0 fully saturated rings. The van der Waals surface area contributed by atoms with Gasteiger partial charge in [-0.1, -0.05) is 37.1 Å². The molecule has 0 aromatic carbocycles. The topological polar surface area (TPSA) is 62.8 Å². The lowest BCUT2D eigenvalue weighted by molar-refractivity contribution is 0.183. The van der Waals surface area contributed by atoms with Crippen molar-refractivity contribution in [2.24, 2.45) is 0 Å². The summed E-state index contributed by atoms with van der Waals surface area (Å²) in [4.78, 5) is 0. The van der Waals surface area contributed by atoms with E-state index in [-0.39, 0.29) is 12.7 Å². The molecule has 5 heteroatoms. The SMILES string of the molecule is C=C(C)C1=CCB(O)OC1CC/C(=C/c1ccc(CO)o1)CCC. The Morgan fingerprint density at radius 3 is 2.83 bits per heavy atom. The van der Waals surface area contributed by atoms with E-state index in [2.05, 4.69) is 13.5 Å². The second-order valence-electron chi connectivity index (χ2n) is 6.31. The van der Waals surface area contributed by atoms with Crippen LogP contribution < -0.4 is 0 Å². The van der Waals surface area contributed by atoms with E-state index in [1.807, 2.05) is 25.1 Å². The van der Waals surface area contributed by atoms with E-state index in [0.717, 1.165) is 42.6 Å². The van der Waals surface area contributed by atoms with E-state index in [1.165, 1.54) is 5.57 Å². The Bertz CT molecular complexity index is 615. The maximum Gasteiger partial charge on any atom is 0.458 e. The molecule has 1 aliphatic heterocycles. The van der Waals surface area contributed by atoms with Crippen LogP contribution in [0.2, 0.25) is 6.32 Å². The number of furan rings is 1. The highest BCUT2D eigenvalue weighted by molar-refractivity contribution is 6.43. The van der Waals surface area contributed by atoms with Crippen LogP contribution in [0.1, 0.15) is 51.1 Å². The predicted octanol–water partition coefficient (Wildman–Crippen LogP) is 4.12. The third-order valence-electron chi connectivity index (χ3n) is 4.18. The largest absolute Gasteiger partial charge is 0.459 e. The molecule has 4 nitrogen and oxygen atoms in total. The highest BCUT2D eigenvalue weighted by atomic mass is 16.5. The van der Waals surface area contributed by atoms with Crippen LogP contribution in [0.5, 0.6) is 0 Å². The molecule has 0 radical (unpaired) electrons. The quantitative estimate of drug-likeness (QED) is 0.704. The van der Waals surface area contributed by atoms with Crippen molar-refractivity contribution < 1.29 is 19.2 Å². The summed E-state index contributed by atoms with van der Waals surface area (Å²) in [5.74, 6) is 1.34. The minimum atomic E-state index is -0.728. The van der Waals surface area contributed by atoms with Gasteiger partial charge in [-0.3, -0.25) is 0 Å². The van der Waals surface area contributed by atoms with Gasteiger partial charge in [-0.25, -0.2) is 0 Å². The lowest BCUT2D eigenvalue weighted by Gasteiger charge is -2.27. The maximum absolute atomic E-state index is 9.76. The summed E-state index contributed by atoms with van der Waals surface area (Å²) in [6, 6.07) is 3.67. The van der Waals surface area contributed by atoms with Crippen molar-refractivity contribution in [1.82, 2.24) is 0 Å². The van der Waals surface area contributed by atoms with Gasteiger partial charge in [0.25, 0.3) is 0 Å². The first kappa shape index (κ1) is 18.8. The monoisotopic (exact) mass is 330 g/mol. The van der Waals surface area contributed by atoms with E-state index in [0.29, 0.717) is 12.1 Å². The van der Waals surface area contributed by atoms with Crippen molar-refractivity contribution in [2.45, 2.75) is 58.6 Å². The summed E-state index contributed by atoms with van der Waals surface area (Å²) in [5, 5.41) is 18.9. The number of aliphatic hydroxyl groups is 1. The molecule has 24 heavy (non-hydrogen) atoms. The van der Waals surface area contributed by atoms with E-state index in [4.69, 9.17) is 14.2 Å². The standard InChI is InChI=1S/C19H27BO4/c1-4-5-15(12-16-7-8-17(13-21)23-16)6-9-19-18(14(2)3)10-11-20(22)24-19/h7-8,10,12,19,21-22H,2,4-6,9,11,13H2,1,3H3/b15-12+. The van der Waals surface area contributed by atoms with Gasteiger partial charge in [0.1, 0.15) is 18.1 Å². The molecule has 0 spiro atoms. The van der Waals surface area contributed by atoms with E-state index < -0.39 is 7.12 Å². The molecule has 2 rings (SSSR count). The first-order valence-electron chi connectivity index (χ1n) is 8.62. The average Bonchev–Trinajstić information content (AvgIpc) is 3.00. The van der Waals surface area contributed by atoms with Crippen molar-refractivity contribution in [2.75, 3.05) is 0 Å². The van der Waals surface area contributed by atoms with Crippen LogP contribution in [-0.4, -0.2) is 23.4 Å². The molecule has 1 aliphatic rings. The lowest BCUT2D eigenvalue weighted by atomic mass is 9.78. The van der Waals surface area contributed by atoms with Gasteiger partial charge in [0.15, 0.2) is 0 Å². The number of rotatable bonds is 8. The number of aliphatic hydroxyl groups excluding tert-OH is 1. The van der Waals surface area contributed by atoms with Crippen molar-refractivity contribution in [1.29, 1.82) is 0 Å². The summed E-state index contributed by atoms with van der Waals surface area (Å²) in [6.07, 6.45) is 8.19. The van der Waals surface area contributed by atoms with Crippen LogP contribution >= 0.6 is 0 Å². The molecule has 2 N–H and O–H groups in total. The predicted molar refractivity (Wildman–Crippen MR) is 97.3 cm³/mol. The molecular weight excluding hydrogens is 303 g/mol. The van der Waals surface area contributed by atoms with Crippen molar-refractivity contribution in [3.8, 4) is 0 Å². The highest BCUT2D eigenvalue weighted by Gasteiger charge is 2.27. The van der Waals surface area contributed by atoms with Crippen LogP contribution in [0.3, 0.4) is 0 Å². The fraction of sp³-hybridized carbons (Fsp3) is 0.474. The normalized spacial score (nSPS) is 18.7. The minimum Gasteiger partial charge on any atom is -0.459 e. The van der Waals surface area contributed by atoms with Gasteiger partial charge >= 0.3 is 7.12 Å². The Balaban J connectivity index is 2.06. The third-order valence-corrected chi connectivity index (χ3v) is 4.18. The average molecular weight is 330 g/mol. The van der Waals surface area contributed by atoms with Crippen LogP contribution in [0.4, 0.5) is 0 Å². The van der Waals surface area contributed by atoms with Crippen molar-refractivity contribution in [3.63, 3.8) is 0 Å². The Kier molecular flexibility index (Phi) is 7.09. The molecule has 1 atom stereocenters. The van der Waals surface area contributed by atoms with Gasteiger partial charge in [0.05, 0.1) is 6.10 Å². The highest BCUT2D eigenvalue weighted by Crippen LogP contribution is 2.28. The lowest BCUT2D eigenvalue weighted by Crippen LogP contribution is -2.31. The molecule has 1 aromatic rings. The Morgan fingerprint density at radius 2 is 2.21 bits per heavy atom. The molecule has 0 saturated heterocycles. The molecular formula is C19H27BO4. The summed E-state index contributed by atoms with van der Waals surface area (Å²) < 4.78 is 11.3. The zero-order valence-corrected chi connectivity index (χ0v) is 14.6. The number of hydrogen-bond donors (Lipinski definition) is 2. The van der Waals surface area contributed by atoms with E-state index in [9.17, 15) is 5.02 Å². The second-order valence-corrected chi connectivity index (χ2v) is 6.31. The first-order valence-corrected chi connectivity index (χ1v) is 8.62. The van der Waals surface area contributed by atoms with Gasteiger partial charge in [-0.15, -0.1) is 0 Å². The van der Waals surface area contributed by atoms with Crippen LogP contribution in [0, 0.1) is 0 Å². The zero-order chi connectivity index (χ0) is 17.5.